The first-order valence-corrected chi connectivity index (χ1v) is 10.3. The van der Waals surface area contributed by atoms with E-state index in [4.69, 9.17) is 16.3 Å². The highest BCUT2D eigenvalue weighted by atomic mass is 35.5. The molecule has 0 aliphatic carbocycles. The second-order valence-electron chi connectivity index (χ2n) is 6.88. The molecule has 0 spiro atoms. The second-order valence-corrected chi connectivity index (χ2v) is 7.32. The van der Waals surface area contributed by atoms with Gasteiger partial charge in [0.1, 0.15) is 11.3 Å². The van der Waals surface area contributed by atoms with Crippen LogP contribution >= 0.6 is 11.6 Å². The van der Waals surface area contributed by atoms with Gasteiger partial charge in [0.2, 0.25) is 0 Å². The number of hydrogen-bond donors (Lipinski definition) is 1. The van der Waals surface area contributed by atoms with E-state index < -0.39 is 0 Å². The molecule has 0 bridgehead atoms. The zero-order chi connectivity index (χ0) is 21.8. The second kappa shape index (κ2) is 9.06. The third-order valence-corrected chi connectivity index (χ3v) is 5.02. The normalized spacial score (nSPS) is 10.9. The fourth-order valence-corrected chi connectivity index (χ4v) is 3.44. The van der Waals surface area contributed by atoms with Gasteiger partial charge >= 0.3 is 0 Å². The van der Waals surface area contributed by atoms with Gasteiger partial charge in [-0.1, -0.05) is 17.7 Å². The first kappa shape index (κ1) is 20.7. The molecular formula is C23H21ClN4O3. The molecule has 2 aromatic carbocycles. The van der Waals surface area contributed by atoms with E-state index in [9.17, 15) is 9.59 Å². The summed E-state index contributed by atoms with van der Waals surface area (Å²) in [6, 6.07) is 16.1. The van der Waals surface area contributed by atoms with Crippen LogP contribution in [0, 0.1) is 0 Å². The van der Waals surface area contributed by atoms with Crippen molar-refractivity contribution < 1.29 is 9.53 Å². The molecule has 2 heterocycles. The highest BCUT2D eigenvalue weighted by molar-refractivity contribution is 6.30. The molecule has 1 amide bonds. The summed E-state index contributed by atoms with van der Waals surface area (Å²) in [5, 5.41) is 7.80. The molecule has 0 fully saturated rings. The van der Waals surface area contributed by atoms with Gasteiger partial charge in [-0.25, -0.2) is 4.52 Å². The lowest BCUT2D eigenvalue weighted by atomic mass is 10.1. The lowest BCUT2D eigenvalue weighted by Crippen LogP contribution is -2.31. The van der Waals surface area contributed by atoms with Crippen LogP contribution in [-0.2, 0) is 6.54 Å². The standard InChI is InChI=1S/C23H21ClN4O3/c1-2-31-19-8-6-16(7-9-19)20-15-21-23(30)27(12-13-28(21)26-20)11-10-25-22(29)17-4-3-5-18(24)14-17/h3-9,12-15H,2,10-11H2,1H3,(H,25,29). The van der Waals surface area contributed by atoms with Gasteiger partial charge in [-0.3, -0.25) is 9.59 Å². The number of halogens is 1. The Morgan fingerprint density at radius 1 is 1.13 bits per heavy atom. The van der Waals surface area contributed by atoms with Crippen LogP contribution in [0.4, 0.5) is 0 Å². The Bertz CT molecular complexity index is 1280. The van der Waals surface area contributed by atoms with Crippen molar-refractivity contribution in [3.05, 3.63) is 87.9 Å². The molecule has 0 saturated heterocycles. The molecule has 158 valence electrons. The lowest BCUT2D eigenvalue weighted by Gasteiger charge is -2.08. The van der Waals surface area contributed by atoms with Crippen molar-refractivity contribution >= 4 is 23.0 Å². The van der Waals surface area contributed by atoms with Crippen molar-refractivity contribution in [1.29, 1.82) is 0 Å². The quantitative estimate of drug-likeness (QED) is 0.479. The van der Waals surface area contributed by atoms with E-state index in [2.05, 4.69) is 10.4 Å². The van der Waals surface area contributed by atoms with Crippen molar-refractivity contribution in [1.82, 2.24) is 19.5 Å². The predicted molar refractivity (Wildman–Crippen MR) is 120 cm³/mol. The van der Waals surface area contributed by atoms with Gasteiger partial charge in [-0.15, -0.1) is 0 Å². The number of carbonyl (C=O) groups is 1. The number of amides is 1. The van der Waals surface area contributed by atoms with Crippen LogP contribution in [0.1, 0.15) is 17.3 Å². The molecule has 0 aliphatic heterocycles. The van der Waals surface area contributed by atoms with Gasteiger partial charge in [0.15, 0.2) is 0 Å². The number of nitrogens with one attached hydrogen (secondary N) is 1. The Balaban J connectivity index is 1.47. The lowest BCUT2D eigenvalue weighted by molar-refractivity contribution is 0.0952. The number of carbonyl (C=O) groups excluding carboxylic acids is 1. The average Bonchev–Trinajstić information content (AvgIpc) is 3.21. The van der Waals surface area contributed by atoms with E-state index in [1.54, 1.807) is 51.8 Å². The predicted octanol–water partition coefficient (Wildman–Crippen LogP) is 3.65. The van der Waals surface area contributed by atoms with Crippen LogP contribution in [0.15, 0.2) is 71.8 Å². The number of rotatable bonds is 7. The summed E-state index contributed by atoms with van der Waals surface area (Å²) in [5.74, 6) is 0.552. The Labute approximate surface area is 183 Å². The molecule has 4 aromatic rings. The molecule has 1 N–H and O–H groups in total. The van der Waals surface area contributed by atoms with Crippen molar-refractivity contribution in [3.63, 3.8) is 0 Å². The summed E-state index contributed by atoms with van der Waals surface area (Å²) in [6.45, 7) is 3.18. The van der Waals surface area contributed by atoms with Gasteiger partial charge in [0.25, 0.3) is 11.5 Å². The summed E-state index contributed by atoms with van der Waals surface area (Å²) in [5.41, 5.74) is 2.36. The summed E-state index contributed by atoms with van der Waals surface area (Å²) in [4.78, 5) is 25.1. The zero-order valence-electron chi connectivity index (χ0n) is 16.9. The minimum Gasteiger partial charge on any atom is -0.494 e. The van der Waals surface area contributed by atoms with E-state index in [1.807, 2.05) is 31.2 Å². The number of ether oxygens (including phenoxy) is 1. The highest BCUT2D eigenvalue weighted by Gasteiger charge is 2.10. The topological polar surface area (TPSA) is 77.6 Å². The largest absolute Gasteiger partial charge is 0.494 e. The van der Waals surface area contributed by atoms with Crippen molar-refractivity contribution in [2.24, 2.45) is 0 Å². The third-order valence-electron chi connectivity index (χ3n) is 4.79. The number of nitrogens with zero attached hydrogens (tertiary/aromatic N) is 3. The summed E-state index contributed by atoms with van der Waals surface area (Å²) < 4.78 is 8.58. The summed E-state index contributed by atoms with van der Waals surface area (Å²) >= 11 is 5.92. The molecule has 0 radical (unpaired) electrons. The monoisotopic (exact) mass is 436 g/mol. The van der Waals surface area contributed by atoms with E-state index >= 15 is 0 Å². The van der Waals surface area contributed by atoms with Crippen molar-refractivity contribution in [2.75, 3.05) is 13.2 Å². The minimum absolute atomic E-state index is 0.177. The van der Waals surface area contributed by atoms with Crippen LogP contribution < -0.4 is 15.6 Å². The van der Waals surface area contributed by atoms with Crippen LogP contribution in [-0.4, -0.2) is 33.2 Å². The highest BCUT2D eigenvalue weighted by Crippen LogP contribution is 2.21. The molecule has 7 nitrogen and oxygen atoms in total. The maximum Gasteiger partial charge on any atom is 0.276 e. The van der Waals surface area contributed by atoms with Crippen LogP contribution in [0.3, 0.4) is 0 Å². The van der Waals surface area contributed by atoms with Crippen molar-refractivity contribution in [3.8, 4) is 17.0 Å². The number of fused-ring (bicyclic) bond motifs is 1. The van der Waals surface area contributed by atoms with E-state index in [1.165, 1.54) is 0 Å². The molecule has 4 rings (SSSR count). The fourth-order valence-electron chi connectivity index (χ4n) is 3.25. The van der Waals surface area contributed by atoms with Gasteiger partial charge in [-0.05, 0) is 55.5 Å². The van der Waals surface area contributed by atoms with Crippen LogP contribution in [0.25, 0.3) is 16.8 Å². The van der Waals surface area contributed by atoms with E-state index in [-0.39, 0.29) is 11.5 Å². The van der Waals surface area contributed by atoms with E-state index in [0.29, 0.717) is 41.5 Å². The maximum absolute atomic E-state index is 12.9. The van der Waals surface area contributed by atoms with Crippen LogP contribution in [0.5, 0.6) is 5.75 Å². The Hall–Kier alpha value is -3.58. The first-order valence-electron chi connectivity index (χ1n) is 9.91. The summed E-state index contributed by atoms with van der Waals surface area (Å²) in [7, 11) is 0. The minimum atomic E-state index is -0.237. The zero-order valence-corrected chi connectivity index (χ0v) is 17.7. The van der Waals surface area contributed by atoms with Gasteiger partial charge in [-0.2, -0.15) is 5.10 Å². The molecule has 0 aliphatic rings. The molecule has 0 unspecified atom stereocenters. The smallest absolute Gasteiger partial charge is 0.276 e. The molecular weight excluding hydrogens is 416 g/mol. The van der Waals surface area contributed by atoms with Crippen molar-refractivity contribution in [2.45, 2.75) is 13.5 Å². The van der Waals surface area contributed by atoms with E-state index in [0.717, 1.165) is 11.3 Å². The fraction of sp³-hybridized carbons (Fsp3) is 0.174. The molecule has 0 atom stereocenters. The SMILES string of the molecule is CCOc1ccc(-c2cc3c(=O)n(CCNC(=O)c4cccc(Cl)c4)ccn3n2)cc1. The number of aromatic nitrogens is 3. The number of benzene rings is 2. The summed E-state index contributed by atoms with van der Waals surface area (Å²) in [6.07, 6.45) is 3.39. The Morgan fingerprint density at radius 2 is 1.94 bits per heavy atom. The first-order chi connectivity index (χ1) is 15.0. The Kier molecular flexibility index (Phi) is 6.04. The van der Waals surface area contributed by atoms with Gasteiger partial charge in [0.05, 0.1) is 12.3 Å². The third kappa shape index (κ3) is 4.62. The molecule has 0 saturated carbocycles. The molecule has 8 heteroatoms. The number of hydrogen-bond acceptors (Lipinski definition) is 4. The average molecular weight is 437 g/mol. The molecule has 2 aromatic heterocycles. The van der Waals surface area contributed by atoms with Crippen LogP contribution in [0.2, 0.25) is 5.02 Å². The van der Waals surface area contributed by atoms with Gasteiger partial charge in [0, 0.05) is 41.6 Å². The van der Waals surface area contributed by atoms with Gasteiger partial charge < -0.3 is 14.6 Å². The Morgan fingerprint density at radius 3 is 2.68 bits per heavy atom. The molecule has 31 heavy (non-hydrogen) atoms. The maximum atomic E-state index is 12.9.